The predicted octanol–water partition coefficient (Wildman–Crippen LogP) is 2.64. The van der Waals surface area contributed by atoms with E-state index in [1.54, 1.807) is 25.1 Å². The van der Waals surface area contributed by atoms with Crippen molar-refractivity contribution in [3.63, 3.8) is 0 Å². The third kappa shape index (κ3) is 3.29. The van der Waals surface area contributed by atoms with E-state index >= 15 is 0 Å². The highest BCUT2D eigenvalue weighted by molar-refractivity contribution is 6.43. The molecule has 1 amide bonds. The van der Waals surface area contributed by atoms with E-state index in [0.29, 0.717) is 45.3 Å². The molecule has 1 aliphatic rings. The van der Waals surface area contributed by atoms with E-state index in [2.05, 4.69) is 16.9 Å². The number of anilines is 1. The molecule has 0 unspecified atom stereocenters. The summed E-state index contributed by atoms with van der Waals surface area (Å²) in [4.78, 5) is 23.0. The summed E-state index contributed by atoms with van der Waals surface area (Å²) >= 11 is 12.4. The van der Waals surface area contributed by atoms with Crippen LogP contribution in [0.25, 0.3) is 11.1 Å². The van der Waals surface area contributed by atoms with Gasteiger partial charge in [-0.15, -0.1) is 0 Å². The standard InChI is InChI=1S/C17H19Cl2N5O/c1-8-6-24(7-12(8)20)17-22-9(2)13(15(23-17)16(21)25)10-4-3-5-11(18)14(10)19/h3-5,8,12H,6-7,20H2,1-2H3,(H2,21,25)/t8-,12-/m0/s1. The first-order valence-corrected chi connectivity index (χ1v) is 8.68. The van der Waals surface area contributed by atoms with Crippen LogP contribution in [0.15, 0.2) is 18.2 Å². The zero-order valence-corrected chi connectivity index (χ0v) is 15.5. The van der Waals surface area contributed by atoms with Crippen molar-refractivity contribution in [2.24, 2.45) is 17.4 Å². The minimum Gasteiger partial charge on any atom is -0.364 e. The molecule has 132 valence electrons. The Morgan fingerprint density at radius 1 is 1.28 bits per heavy atom. The molecule has 0 saturated carbocycles. The molecule has 0 radical (unpaired) electrons. The maximum absolute atomic E-state index is 12.1. The highest BCUT2D eigenvalue weighted by atomic mass is 35.5. The number of rotatable bonds is 3. The van der Waals surface area contributed by atoms with E-state index < -0.39 is 5.91 Å². The number of carbonyl (C=O) groups is 1. The quantitative estimate of drug-likeness (QED) is 0.853. The van der Waals surface area contributed by atoms with Crippen molar-refractivity contribution in [3.05, 3.63) is 39.6 Å². The third-order valence-corrected chi connectivity index (χ3v) is 5.30. The topological polar surface area (TPSA) is 98.1 Å². The van der Waals surface area contributed by atoms with E-state index in [1.807, 2.05) is 4.90 Å². The molecule has 1 aliphatic heterocycles. The zero-order chi connectivity index (χ0) is 18.3. The number of aryl methyl sites for hydroxylation is 1. The fourth-order valence-electron chi connectivity index (χ4n) is 3.05. The van der Waals surface area contributed by atoms with Gasteiger partial charge in [0.25, 0.3) is 5.91 Å². The van der Waals surface area contributed by atoms with Crippen LogP contribution in [0.5, 0.6) is 0 Å². The Hall–Kier alpha value is -1.89. The van der Waals surface area contributed by atoms with Crippen LogP contribution >= 0.6 is 23.2 Å². The molecular weight excluding hydrogens is 361 g/mol. The van der Waals surface area contributed by atoms with Gasteiger partial charge in [-0.1, -0.05) is 42.3 Å². The van der Waals surface area contributed by atoms with Gasteiger partial charge in [-0.2, -0.15) is 0 Å². The van der Waals surface area contributed by atoms with E-state index in [1.165, 1.54) is 0 Å². The Bertz CT molecular complexity index is 832. The lowest BCUT2D eigenvalue weighted by Gasteiger charge is -2.19. The molecule has 25 heavy (non-hydrogen) atoms. The van der Waals surface area contributed by atoms with Gasteiger partial charge in [-0.05, 0) is 18.9 Å². The van der Waals surface area contributed by atoms with Gasteiger partial charge in [0.2, 0.25) is 5.95 Å². The molecule has 3 rings (SSSR count). The van der Waals surface area contributed by atoms with Gasteiger partial charge >= 0.3 is 0 Å². The first-order valence-electron chi connectivity index (χ1n) is 7.93. The van der Waals surface area contributed by atoms with Crippen molar-refractivity contribution in [1.29, 1.82) is 0 Å². The van der Waals surface area contributed by atoms with Gasteiger partial charge in [0.15, 0.2) is 0 Å². The summed E-state index contributed by atoms with van der Waals surface area (Å²) < 4.78 is 0. The van der Waals surface area contributed by atoms with Crippen LogP contribution in [-0.2, 0) is 0 Å². The van der Waals surface area contributed by atoms with Crippen molar-refractivity contribution < 1.29 is 4.79 Å². The number of primary amides is 1. The summed E-state index contributed by atoms with van der Waals surface area (Å²) in [6.07, 6.45) is 0. The minimum absolute atomic E-state index is 0.0444. The number of hydrogen-bond acceptors (Lipinski definition) is 5. The van der Waals surface area contributed by atoms with Gasteiger partial charge in [0, 0.05) is 30.3 Å². The average Bonchev–Trinajstić information content (AvgIpc) is 2.89. The molecule has 1 saturated heterocycles. The predicted molar refractivity (Wildman–Crippen MR) is 100 cm³/mol. The van der Waals surface area contributed by atoms with Crippen molar-refractivity contribution >= 4 is 35.1 Å². The number of aromatic nitrogens is 2. The van der Waals surface area contributed by atoms with Crippen LogP contribution in [-0.4, -0.2) is 35.0 Å². The summed E-state index contributed by atoms with van der Waals surface area (Å²) in [5.74, 6) is 0.130. The normalized spacial score (nSPS) is 20.1. The van der Waals surface area contributed by atoms with Crippen molar-refractivity contribution in [3.8, 4) is 11.1 Å². The first-order chi connectivity index (χ1) is 11.8. The second kappa shape index (κ2) is 6.78. The summed E-state index contributed by atoms with van der Waals surface area (Å²) in [5.41, 5.74) is 13.5. The molecule has 2 heterocycles. The fraction of sp³-hybridized carbons (Fsp3) is 0.353. The van der Waals surface area contributed by atoms with Crippen molar-refractivity contribution in [2.75, 3.05) is 18.0 Å². The largest absolute Gasteiger partial charge is 0.364 e. The fourth-order valence-corrected chi connectivity index (χ4v) is 3.45. The van der Waals surface area contributed by atoms with E-state index in [4.69, 9.17) is 34.7 Å². The Morgan fingerprint density at radius 2 is 2.00 bits per heavy atom. The van der Waals surface area contributed by atoms with Crippen LogP contribution in [0, 0.1) is 12.8 Å². The van der Waals surface area contributed by atoms with E-state index in [-0.39, 0.29) is 11.7 Å². The summed E-state index contributed by atoms with van der Waals surface area (Å²) in [6, 6.07) is 5.24. The van der Waals surface area contributed by atoms with Crippen LogP contribution in [0.3, 0.4) is 0 Å². The number of nitrogens with zero attached hydrogens (tertiary/aromatic N) is 3. The molecule has 0 aliphatic carbocycles. The van der Waals surface area contributed by atoms with Crippen molar-refractivity contribution in [1.82, 2.24) is 9.97 Å². The zero-order valence-electron chi connectivity index (χ0n) is 14.0. The second-order valence-electron chi connectivity index (χ2n) is 6.34. The van der Waals surface area contributed by atoms with Crippen LogP contribution in [0.4, 0.5) is 5.95 Å². The monoisotopic (exact) mass is 379 g/mol. The molecule has 2 atom stereocenters. The van der Waals surface area contributed by atoms with Gasteiger partial charge in [0.1, 0.15) is 5.69 Å². The first kappa shape index (κ1) is 17.9. The van der Waals surface area contributed by atoms with Gasteiger partial charge in [-0.3, -0.25) is 4.79 Å². The lowest BCUT2D eigenvalue weighted by atomic mass is 10.0. The van der Waals surface area contributed by atoms with Gasteiger partial charge in [-0.25, -0.2) is 9.97 Å². The highest BCUT2D eigenvalue weighted by Crippen LogP contribution is 2.37. The summed E-state index contributed by atoms with van der Waals surface area (Å²) in [6.45, 7) is 5.24. The summed E-state index contributed by atoms with van der Waals surface area (Å²) in [5, 5.41) is 0.723. The molecule has 2 aromatic rings. The molecule has 4 N–H and O–H groups in total. The Labute approximate surface area is 156 Å². The smallest absolute Gasteiger partial charge is 0.268 e. The Morgan fingerprint density at radius 3 is 2.60 bits per heavy atom. The second-order valence-corrected chi connectivity index (χ2v) is 7.13. The van der Waals surface area contributed by atoms with E-state index in [9.17, 15) is 4.79 Å². The van der Waals surface area contributed by atoms with Crippen LogP contribution in [0.2, 0.25) is 10.0 Å². The lowest BCUT2D eigenvalue weighted by molar-refractivity contribution is 0.0996. The van der Waals surface area contributed by atoms with Gasteiger partial charge in [0.05, 0.1) is 15.7 Å². The Balaban J connectivity index is 2.15. The van der Waals surface area contributed by atoms with Crippen LogP contribution < -0.4 is 16.4 Å². The third-order valence-electron chi connectivity index (χ3n) is 4.49. The lowest BCUT2D eigenvalue weighted by Crippen LogP contribution is -2.29. The maximum Gasteiger partial charge on any atom is 0.268 e. The van der Waals surface area contributed by atoms with Gasteiger partial charge < -0.3 is 16.4 Å². The average molecular weight is 380 g/mol. The molecule has 8 heteroatoms. The minimum atomic E-state index is -0.644. The molecule has 1 fully saturated rings. The van der Waals surface area contributed by atoms with Crippen LogP contribution in [0.1, 0.15) is 23.1 Å². The molecule has 1 aromatic heterocycles. The number of nitrogens with two attached hydrogens (primary N) is 2. The summed E-state index contributed by atoms with van der Waals surface area (Å²) in [7, 11) is 0. The number of amides is 1. The maximum atomic E-state index is 12.1. The Kier molecular flexibility index (Phi) is 4.86. The molecular formula is C17H19Cl2N5O. The molecule has 0 spiro atoms. The number of benzene rings is 1. The number of hydrogen-bond donors (Lipinski definition) is 2. The van der Waals surface area contributed by atoms with E-state index in [0.717, 1.165) is 6.54 Å². The SMILES string of the molecule is Cc1nc(N2C[C@H](C)[C@@H](N)C2)nc(C(N)=O)c1-c1cccc(Cl)c1Cl. The van der Waals surface area contributed by atoms with Crippen molar-refractivity contribution in [2.45, 2.75) is 19.9 Å². The number of carbonyl (C=O) groups excluding carboxylic acids is 1. The highest BCUT2D eigenvalue weighted by Gasteiger charge is 2.30. The number of halogens is 2. The molecule has 6 nitrogen and oxygen atoms in total. The molecule has 1 aromatic carbocycles. The molecule has 0 bridgehead atoms.